The van der Waals surface area contributed by atoms with E-state index >= 15 is 0 Å². The molecule has 45 heavy (non-hydrogen) atoms. The summed E-state index contributed by atoms with van der Waals surface area (Å²) in [6.07, 6.45) is 0.748. The summed E-state index contributed by atoms with van der Waals surface area (Å²) in [7, 11) is 1.49. The van der Waals surface area contributed by atoms with Crippen molar-refractivity contribution in [1.82, 2.24) is 26.0 Å². The Balaban J connectivity index is 1.46. The molecule has 0 bridgehead atoms. The van der Waals surface area contributed by atoms with E-state index in [1.54, 1.807) is 13.0 Å². The van der Waals surface area contributed by atoms with Gasteiger partial charge in [0.25, 0.3) is 5.91 Å². The summed E-state index contributed by atoms with van der Waals surface area (Å²) in [5, 5.41) is 12.3. The van der Waals surface area contributed by atoms with E-state index in [0.29, 0.717) is 38.5 Å². The van der Waals surface area contributed by atoms with E-state index in [1.807, 2.05) is 44.2 Å². The van der Waals surface area contributed by atoms with Gasteiger partial charge in [-0.3, -0.25) is 24.1 Å². The number of rotatable bonds is 17. The predicted octanol–water partition coefficient (Wildman–Crippen LogP) is 1.26. The maximum atomic E-state index is 13.7. The van der Waals surface area contributed by atoms with E-state index in [9.17, 15) is 19.2 Å². The van der Waals surface area contributed by atoms with Gasteiger partial charge in [-0.15, -0.1) is 0 Å². The second-order valence-corrected chi connectivity index (χ2v) is 12.2. The van der Waals surface area contributed by atoms with Gasteiger partial charge in [0, 0.05) is 39.3 Å². The molecule has 3 heterocycles. The second kappa shape index (κ2) is 16.1. The van der Waals surface area contributed by atoms with Crippen molar-refractivity contribution in [2.24, 2.45) is 5.92 Å². The molecule has 246 valence electrons. The number of aromatic nitrogens is 1. The number of carbonyl (C=O) groups excluding carboxylic acids is 4. The number of nitrogens with zero attached hydrogens (tertiary/aromatic N) is 2. The molecule has 3 amide bonds. The number of carbonyl (C=O) groups is 4. The molecule has 4 unspecified atom stereocenters. The summed E-state index contributed by atoms with van der Waals surface area (Å²) in [6.45, 7) is 9.37. The minimum atomic E-state index is -1.03. The molecule has 2 aliphatic rings. The normalized spacial score (nSPS) is 20.2. The van der Waals surface area contributed by atoms with Crippen LogP contribution in [-0.4, -0.2) is 104 Å². The molecule has 3 N–H and O–H groups in total. The Bertz CT molecular complexity index is 1290. The van der Waals surface area contributed by atoms with E-state index in [4.69, 9.17) is 18.7 Å². The van der Waals surface area contributed by atoms with E-state index in [0.717, 1.165) is 18.7 Å². The average Bonchev–Trinajstić information content (AvgIpc) is 3.61. The number of Topliss-reactive ketones (excluding diaryl/α,β-unsaturated/α-hetero) is 1. The van der Waals surface area contributed by atoms with Gasteiger partial charge in [-0.2, -0.15) is 0 Å². The van der Waals surface area contributed by atoms with Crippen molar-refractivity contribution < 1.29 is 37.9 Å². The molecule has 0 saturated carbocycles. The largest absolute Gasteiger partial charge is 0.385 e. The van der Waals surface area contributed by atoms with Crippen LogP contribution >= 0.6 is 0 Å². The number of benzene rings is 1. The molecule has 0 spiro atoms. The number of hydrogen-bond donors (Lipinski definition) is 3. The van der Waals surface area contributed by atoms with Crippen LogP contribution in [0.3, 0.4) is 0 Å². The third kappa shape index (κ3) is 10.2. The summed E-state index contributed by atoms with van der Waals surface area (Å²) >= 11 is 0. The van der Waals surface area contributed by atoms with Crippen LogP contribution in [0.15, 0.2) is 40.9 Å². The highest BCUT2D eigenvalue weighted by molar-refractivity contribution is 5.99. The molecule has 4 rings (SSSR count). The standard InChI is InChI=1S/C32H45N5O8/c1-21(2)16-25(28(38)32(3)20-44-32)34-30(40)26(17-22-8-6-5-7-9-22)35-29(39)24(10-13-42-4)33-31(41)27-18-23(45-36-27)19-37-11-14-43-15-12-37/h5-9,18,21,24-26H,10-17,19-20H2,1-4H3,(H,33,41)(H,34,40)(H,35,39). The van der Waals surface area contributed by atoms with Gasteiger partial charge in [-0.05, 0) is 31.2 Å². The van der Waals surface area contributed by atoms with Gasteiger partial charge in [0.15, 0.2) is 17.2 Å². The van der Waals surface area contributed by atoms with Crippen LogP contribution < -0.4 is 16.0 Å². The number of ketones is 1. The molecule has 2 fully saturated rings. The lowest BCUT2D eigenvalue weighted by atomic mass is 9.93. The van der Waals surface area contributed by atoms with Crippen LogP contribution in [0.25, 0.3) is 0 Å². The van der Waals surface area contributed by atoms with Crippen molar-refractivity contribution in [1.29, 1.82) is 0 Å². The number of morpholine rings is 1. The molecule has 2 saturated heterocycles. The molecule has 0 radical (unpaired) electrons. The number of hydrogen-bond acceptors (Lipinski definition) is 10. The highest BCUT2D eigenvalue weighted by atomic mass is 16.6. The minimum absolute atomic E-state index is 0.0397. The quantitative estimate of drug-likeness (QED) is 0.218. The summed E-state index contributed by atoms with van der Waals surface area (Å²) < 4.78 is 21.3. The summed E-state index contributed by atoms with van der Waals surface area (Å²) in [5.41, 5.74) is -0.0584. The zero-order chi connectivity index (χ0) is 32.4. The van der Waals surface area contributed by atoms with Crippen LogP contribution in [0.4, 0.5) is 0 Å². The predicted molar refractivity (Wildman–Crippen MR) is 163 cm³/mol. The SMILES string of the molecule is COCCC(NC(=O)c1cc(CN2CCOCC2)on1)C(=O)NC(Cc1ccccc1)C(=O)NC(CC(C)C)C(=O)C1(C)CO1. The lowest BCUT2D eigenvalue weighted by Crippen LogP contribution is -2.57. The third-order valence-electron chi connectivity index (χ3n) is 7.86. The smallest absolute Gasteiger partial charge is 0.274 e. The van der Waals surface area contributed by atoms with E-state index in [-0.39, 0.29) is 36.8 Å². The van der Waals surface area contributed by atoms with Crippen molar-refractivity contribution >= 4 is 23.5 Å². The van der Waals surface area contributed by atoms with E-state index < -0.39 is 41.4 Å². The van der Waals surface area contributed by atoms with Gasteiger partial charge < -0.3 is 34.7 Å². The molecule has 2 aromatic rings. The molecule has 13 heteroatoms. The zero-order valence-corrected chi connectivity index (χ0v) is 26.5. The van der Waals surface area contributed by atoms with E-state index in [1.165, 1.54) is 7.11 Å². The minimum Gasteiger partial charge on any atom is -0.385 e. The first-order valence-corrected chi connectivity index (χ1v) is 15.5. The fraction of sp³-hybridized carbons (Fsp3) is 0.594. The van der Waals surface area contributed by atoms with Crippen LogP contribution in [0.1, 0.15) is 55.4 Å². The Hall–Kier alpha value is -3.65. The molecule has 13 nitrogen and oxygen atoms in total. The Morgan fingerprint density at radius 3 is 2.31 bits per heavy atom. The highest BCUT2D eigenvalue weighted by Crippen LogP contribution is 2.29. The van der Waals surface area contributed by atoms with Crippen molar-refractivity contribution in [3.8, 4) is 0 Å². The Morgan fingerprint density at radius 1 is 1.00 bits per heavy atom. The molecule has 4 atom stereocenters. The van der Waals surface area contributed by atoms with Gasteiger partial charge in [0.1, 0.15) is 17.7 Å². The molecular formula is C32H45N5O8. The van der Waals surface area contributed by atoms with Crippen LogP contribution in [0.5, 0.6) is 0 Å². The van der Waals surface area contributed by atoms with Gasteiger partial charge in [-0.25, -0.2) is 0 Å². The Kier molecular flexibility index (Phi) is 12.2. The fourth-order valence-corrected chi connectivity index (χ4v) is 5.14. The first-order chi connectivity index (χ1) is 21.6. The first-order valence-electron chi connectivity index (χ1n) is 15.5. The number of methoxy groups -OCH3 is 1. The first kappa shape index (κ1) is 34.2. The Morgan fingerprint density at radius 2 is 1.67 bits per heavy atom. The topological polar surface area (TPSA) is 165 Å². The molecule has 1 aromatic heterocycles. The fourth-order valence-electron chi connectivity index (χ4n) is 5.14. The maximum absolute atomic E-state index is 13.7. The highest BCUT2D eigenvalue weighted by Gasteiger charge is 2.50. The lowest BCUT2D eigenvalue weighted by Gasteiger charge is -2.26. The summed E-state index contributed by atoms with van der Waals surface area (Å²) in [5.74, 6) is -1.21. The van der Waals surface area contributed by atoms with Gasteiger partial charge in [0.05, 0.1) is 32.4 Å². The summed E-state index contributed by atoms with van der Waals surface area (Å²) in [6, 6.07) is 7.97. The average molecular weight is 628 g/mol. The van der Waals surface area contributed by atoms with Crippen LogP contribution in [-0.2, 0) is 41.6 Å². The maximum Gasteiger partial charge on any atom is 0.274 e. The lowest BCUT2D eigenvalue weighted by molar-refractivity contribution is -0.133. The Labute approximate surface area is 263 Å². The van der Waals surface area contributed by atoms with Crippen molar-refractivity contribution in [3.63, 3.8) is 0 Å². The number of epoxide rings is 1. The van der Waals surface area contributed by atoms with Gasteiger partial charge >= 0.3 is 0 Å². The number of amides is 3. The van der Waals surface area contributed by atoms with Crippen LogP contribution in [0.2, 0.25) is 0 Å². The van der Waals surface area contributed by atoms with Crippen molar-refractivity contribution in [3.05, 3.63) is 53.4 Å². The second-order valence-electron chi connectivity index (χ2n) is 12.2. The van der Waals surface area contributed by atoms with Crippen molar-refractivity contribution in [2.75, 3.05) is 46.6 Å². The summed E-state index contributed by atoms with van der Waals surface area (Å²) in [4.78, 5) is 55.8. The molecule has 2 aliphatic heterocycles. The molecular weight excluding hydrogens is 582 g/mol. The van der Waals surface area contributed by atoms with E-state index in [2.05, 4.69) is 26.0 Å². The van der Waals surface area contributed by atoms with Crippen molar-refractivity contribution in [2.45, 2.75) is 70.3 Å². The molecule has 1 aromatic carbocycles. The van der Waals surface area contributed by atoms with Gasteiger partial charge in [-0.1, -0.05) is 49.3 Å². The number of ether oxygens (including phenoxy) is 3. The monoisotopic (exact) mass is 627 g/mol. The number of nitrogens with one attached hydrogen (secondary N) is 3. The zero-order valence-electron chi connectivity index (χ0n) is 26.5. The third-order valence-corrected chi connectivity index (χ3v) is 7.86. The van der Waals surface area contributed by atoms with Gasteiger partial charge in [0.2, 0.25) is 11.8 Å². The van der Waals surface area contributed by atoms with Crippen LogP contribution in [0, 0.1) is 5.92 Å². The molecule has 0 aliphatic carbocycles.